The Labute approximate surface area is 78.2 Å². The number of aromatic nitrogens is 3. The molecule has 2 rings (SSSR count). The van der Waals surface area contributed by atoms with Gasteiger partial charge in [-0.15, -0.1) is 12.4 Å². The van der Waals surface area contributed by atoms with Crippen molar-refractivity contribution in [1.29, 1.82) is 0 Å². The van der Waals surface area contributed by atoms with Crippen molar-refractivity contribution < 1.29 is 0 Å². The lowest BCUT2D eigenvalue weighted by Crippen LogP contribution is -2.22. The fraction of sp³-hybridized carbons (Fsp3) is 0. The van der Waals surface area contributed by atoms with Crippen LogP contribution in [0.4, 0.5) is 0 Å². The summed E-state index contributed by atoms with van der Waals surface area (Å²) in [5, 5.41) is 0. The third-order valence-corrected chi connectivity index (χ3v) is 1.50. The lowest BCUT2D eigenvalue weighted by molar-refractivity contribution is 1.07. The highest BCUT2D eigenvalue weighted by Gasteiger charge is 1.98. The summed E-state index contributed by atoms with van der Waals surface area (Å²) in [6, 6.07) is 3.27. The maximum Gasteiger partial charge on any atom is 0.326 e. The van der Waals surface area contributed by atoms with Crippen LogP contribution in [0.2, 0.25) is 0 Å². The number of pyridine rings is 1. The normalized spacial score (nSPS) is 9.54. The summed E-state index contributed by atoms with van der Waals surface area (Å²) in [4.78, 5) is 30.2. The Kier molecular flexibility index (Phi) is 2.48. The molecule has 0 aliphatic carbocycles. The van der Waals surface area contributed by atoms with Crippen LogP contribution >= 0.6 is 12.4 Å². The Morgan fingerprint density at radius 3 is 2.77 bits per heavy atom. The first-order valence-electron chi connectivity index (χ1n) is 3.35. The summed E-state index contributed by atoms with van der Waals surface area (Å²) >= 11 is 0. The van der Waals surface area contributed by atoms with Crippen LogP contribution in [0.15, 0.2) is 27.9 Å². The fourth-order valence-electron chi connectivity index (χ4n) is 1.00. The highest BCUT2D eigenvalue weighted by Crippen LogP contribution is 1.96. The molecule has 2 aromatic heterocycles. The van der Waals surface area contributed by atoms with Crippen LogP contribution in [0.3, 0.4) is 0 Å². The zero-order chi connectivity index (χ0) is 8.55. The second kappa shape index (κ2) is 3.40. The van der Waals surface area contributed by atoms with Crippen LogP contribution in [0.5, 0.6) is 0 Å². The smallest absolute Gasteiger partial charge is 0.305 e. The maximum absolute atomic E-state index is 11.1. The average molecular weight is 200 g/mol. The van der Waals surface area contributed by atoms with Gasteiger partial charge < -0.3 is 4.98 Å². The van der Waals surface area contributed by atoms with Crippen LogP contribution < -0.4 is 11.2 Å². The molecule has 68 valence electrons. The van der Waals surface area contributed by atoms with Crippen LogP contribution in [0, 0.1) is 0 Å². The standard InChI is InChI=1S/C7H5N3O2.ClH/c11-6-5-4(2-1-3-8-5)9-7(12)10-6;/h1-3H,(H2,9,10,11,12);1H. The minimum absolute atomic E-state index is 0. The number of fused-ring (bicyclic) bond motifs is 1. The van der Waals surface area contributed by atoms with E-state index in [0.717, 1.165) is 0 Å². The third-order valence-electron chi connectivity index (χ3n) is 1.50. The number of hydrogen-bond acceptors (Lipinski definition) is 3. The number of nitrogens with zero attached hydrogens (tertiary/aromatic N) is 1. The Hall–Kier alpha value is -1.62. The second-order valence-corrected chi connectivity index (χ2v) is 2.31. The Bertz CT molecular complexity index is 531. The highest BCUT2D eigenvalue weighted by molar-refractivity contribution is 5.85. The Balaban J connectivity index is 0.000000845. The Morgan fingerprint density at radius 2 is 2.00 bits per heavy atom. The molecular formula is C7H6ClN3O2. The molecule has 0 bridgehead atoms. The summed E-state index contributed by atoms with van der Waals surface area (Å²) in [5.41, 5.74) is -0.279. The lowest BCUT2D eigenvalue weighted by Gasteiger charge is -1.91. The van der Waals surface area contributed by atoms with Crippen molar-refractivity contribution in [1.82, 2.24) is 15.0 Å². The van der Waals surface area contributed by atoms with Gasteiger partial charge in [-0.3, -0.25) is 9.78 Å². The molecule has 0 unspecified atom stereocenters. The van der Waals surface area contributed by atoms with E-state index in [1.807, 2.05) is 0 Å². The van der Waals surface area contributed by atoms with Crippen molar-refractivity contribution in [3.63, 3.8) is 0 Å². The number of H-pyrrole nitrogens is 2. The second-order valence-electron chi connectivity index (χ2n) is 2.31. The fourth-order valence-corrected chi connectivity index (χ4v) is 1.00. The van der Waals surface area contributed by atoms with Crippen LogP contribution in [-0.2, 0) is 0 Å². The summed E-state index contributed by atoms with van der Waals surface area (Å²) in [6.45, 7) is 0. The molecule has 5 nitrogen and oxygen atoms in total. The minimum atomic E-state index is -0.513. The van der Waals surface area contributed by atoms with E-state index in [1.54, 1.807) is 12.1 Å². The van der Waals surface area contributed by atoms with Crippen molar-refractivity contribution in [2.75, 3.05) is 0 Å². The van der Waals surface area contributed by atoms with E-state index in [1.165, 1.54) is 6.20 Å². The molecule has 0 atom stereocenters. The molecule has 0 aliphatic heterocycles. The molecule has 0 saturated heterocycles. The van der Waals surface area contributed by atoms with Gasteiger partial charge in [-0.25, -0.2) is 9.78 Å². The molecule has 0 amide bonds. The SMILES string of the molecule is Cl.O=c1[nH]c(=O)c2ncccc2[nH]1. The first-order valence-corrected chi connectivity index (χ1v) is 3.35. The van der Waals surface area contributed by atoms with E-state index in [9.17, 15) is 9.59 Å². The first-order chi connectivity index (χ1) is 5.77. The van der Waals surface area contributed by atoms with Gasteiger partial charge in [0.25, 0.3) is 5.56 Å². The van der Waals surface area contributed by atoms with Crippen molar-refractivity contribution in [3.05, 3.63) is 39.2 Å². The van der Waals surface area contributed by atoms with Gasteiger partial charge in [0.15, 0.2) is 5.52 Å². The number of rotatable bonds is 0. The minimum Gasteiger partial charge on any atom is -0.305 e. The number of halogens is 1. The van der Waals surface area contributed by atoms with Gasteiger partial charge in [0.2, 0.25) is 0 Å². The number of hydrogen-bond donors (Lipinski definition) is 2. The van der Waals surface area contributed by atoms with Gasteiger partial charge in [-0.05, 0) is 12.1 Å². The molecule has 0 aromatic carbocycles. The quantitative estimate of drug-likeness (QED) is 0.629. The number of nitrogens with one attached hydrogen (secondary N) is 2. The zero-order valence-corrected chi connectivity index (χ0v) is 7.22. The topological polar surface area (TPSA) is 78.6 Å². The molecule has 2 aromatic rings. The zero-order valence-electron chi connectivity index (χ0n) is 6.40. The summed E-state index contributed by atoms with van der Waals surface area (Å²) in [5.74, 6) is 0. The molecule has 6 heteroatoms. The van der Waals surface area contributed by atoms with Crippen molar-refractivity contribution >= 4 is 23.4 Å². The number of aromatic amines is 2. The molecule has 0 spiro atoms. The van der Waals surface area contributed by atoms with E-state index in [4.69, 9.17) is 0 Å². The molecule has 2 N–H and O–H groups in total. The predicted octanol–water partition coefficient (Wildman–Crippen LogP) is 0.0332. The maximum atomic E-state index is 11.1. The molecule has 0 radical (unpaired) electrons. The first kappa shape index (κ1) is 9.47. The molecule has 13 heavy (non-hydrogen) atoms. The van der Waals surface area contributed by atoms with Crippen molar-refractivity contribution in [2.24, 2.45) is 0 Å². The summed E-state index contributed by atoms with van der Waals surface area (Å²) < 4.78 is 0. The predicted molar refractivity (Wildman–Crippen MR) is 50.2 cm³/mol. The van der Waals surface area contributed by atoms with Gasteiger partial charge >= 0.3 is 5.69 Å². The van der Waals surface area contributed by atoms with Gasteiger partial charge in [0.1, 0.15) is 0 Å². The van der Waals surface area contributed by atoms with E-state index in [2.05, 4.69) is 15.0 Å². The van der Waals surface area contributed by atoms with Gasteiger partial charge in [0, 0.05) is 6.20 Å². The molecular weight excluding hydrogens is 194 g/mol. The Morgan fingerprint density at radius 1 is 1.23 bits per heavy atom. The van der Waals surface area contributed by atoms with E-state index < -0.39 is 11.2 Å². The van der Waals surface area contributed by atoms with E-state index in [-0.39, 0.29) is 17.9 Å². The third kappa shape index (κ3) is 1.59. The monoisotopic (exact) mass is 199 g/mol. The molecule has 0 aliphatic rings. The molecule has 0 saturated carbocycles. The summed E-state index contributed by atoms with van der Waals surface area (Å²) in [6.07, 6.45) is 1.50. The average Bonchev–Trinajstić information content (AvgIpc) is 2.04. The van der Waals surface area contributed by atoms with Gasteiger partial charge in [0.05, 0.1) is 5.52 Å². The highest BCUT2D eigenvalue weighted by atomic mass is 35.5. The summed E-state index contributed by atoms with van der Waals surface area (Å²) in [7, 11) is 0. The van der Waals surface area contributed by atoms with Crippen LogP contribution in [0.25, 0.3) is 11.0 Å². The van der Waals surface area contributed by atoms with Crippen LogP contribution in [-0.4, -0.2) is 15.0 Å². The van der Waals surface area contributed by atoms with Crippen molar-refractivity contribution in [2.45, 2.75) is 0 Å². The van der Waals surface area contributed by atoms with E-state index >= 15 is 0 Å². The van der Waals surface area contributed by atoms with Gasteiger partial charge in [-0.1, -0.05) is 0 Å². The lowest BCUT2D eigenvalue weighted by atomic mass is 10.4. The van der Waals surface area contributed by atoms with Crippen molar-refractivity contribution in [3.8, 4) is 0 Å². The molecule has 2 heterocycles. The van der Waals surface area contributed by atoms with Gasteiger partial charge in [-0.2, -0.15) is 0 Å². The van der Waals surface area contributed by atoms with E-state index in [0.29, 0.717) is 5.52 Å². The largest absolute Gasteiger partial charge is 0.326 e. The molecule has 0 fully saturated rings. The van der Waals surface area contributed by atoms with Crippen LogP contribution in [0.1, 0.15) is 0 Å².